The van der Waals surface area contributed by atoms with Crippen molar-refractivity contribution in [3.8, 4) is 11.5 Å². The molecule has 5 saturated heterocycles. The molecule has 60 heavy (non-hydrogen) atoms. The number of carbonyl (C=O) groups is 5. The molecule has 22 heteroatoms. The number of oxime groups is 1. The smallest absolute Gasteiger partial charge is 0.350 e. The lowest BCUT2D eigenvalue weighted by molar-refractivity contribution is -0.948. The number of carboxylic acids is 2. The lowest BCUT2D eigenvalue weighted by Gasteiger charge is -2.59. The van der Waals surface area contributed by atoms with Crippen LogP contribution in [0.4, 0.5) is 5.13 Å². The molecule has 0 radical (unpaired) electrons. The SMILES string of the molecule is CCn1cc(C(=O)NCC23CC[N+](CC4C(C(=O)O)N5C(=O)[C@@H](NC(=O)/C(=N\OC(C)(C)C(=O)O)c6csc(N)n6)[C@H]5S[C@H]4C)(CC2)CC3)c(=O)c2c(Cl)c(O)c(O)cc21. The van der Waals surface area contributed by atoms with E-state index < -0.39 is 81.3 Å². The molecule has 2 bridgehead atoms. The van der Waals surface area contributed by atoms with Crippen LogP contribution < -0.4 is 21.8 Å². The number of hydrogen-bond acceptors (Lipinski definition) is 14. The van der Waals surface area contributed by atoms with Gasteiger partial charge in [-0.15, -0.1) is 23.1 Å². The standard InChI is InChI=1S/C38H45ClN8O11S2/c1-5-45-13-18(28(49)23-21(45)12-22(48)29(50)24(23)39)30(51)41-16-38-6-9-47(10-7-38,11-8-38)14-19-17(2)60-33-26(32(53)46(33)27(19)34(54)55)43-31(52)25(20-15-59-36(40)42-20)44-58-37(3,4)35(56)57/h12-13,15,17,19,26-27,33H,5-11,14,16H2,1-4H3,(H7-,40,41,42,43,44,48,49,50,51,52,54,55,56,57)/p+1/t17-,19?,26+,27?,33+,38?,47?/m0/s1. The Bertz CT molecular complexity index is 2380. The molecule has 0 spiro atoms. The average molecular weight is 890 g/mol. The molecule has 1 aromatic carbocycles. The highest BCUT2D eigenvalue weighted by molar-refractivity contribution is 8.00. The number of thioether (sulfide) groups is 1. The number of carbonyl (C=O) groups excluding carboxylic acids is 3. The van der Waals surface area contributed by atoms with Crippen molar-refractivity contribution in [2.45, 2.75) is 81.8 Å². The number of phenols is 2. The molecule has 3 aromatic rings. The molecule has 8 rings (SSSR count). The molecule has 5 aliphatic heterocycles. The number of nitrogens with two attached hydrogens (primary N) is 1. The van der Waals surface area contributed by atoms with Gasteiger partial charge in [0.1, 0.15) is 28.7 Å². The number of aromatic hydroxyl groups is 2. The van der Waals surface area contributed by atoms with E-state index in [0.717, 1.165) is 50.2 Å². The number of rotatable bonds is 13. The number of aromatic nitrogens is 2. The summed E-state index contributed by atoms with van der Waals surface area (Å²) in [4.78, 5) is 89.5. The number of benzene rings is 1. The number of amides is 3. The van der Waals surface area contributed by atoms with Gasteiger partial charge in [-0.25, -0.2) is 14.6 Å². The second-order valence-corrected chi connectivity index (χ2v) is 19.3. The summed E-state index contributed by atoms with van der Waals surface area (Å²) in [5.74, 6) is -6.04. The van der Waals surface area contributed by atoms with Gasteiger partial charge >= 0.3 is 11.9 Å². The summed E-state index contributed by atoms with van der Waals surface area (Å²) in [5, 5.41) is 50.0. The Morgan fingerprint density at radius 1 is 1.15 bits per heavy atom. The van der Waals surface area contributed by atoms with E-state index in [0.29, 0.717) is 24.1 Å². The summed E-state index contributed by atoms with van der Waals surface area (Å²) in [7, 11) is 0. The second kappa shape index (κ2) is 15.7. The average Bonchev–Trinajstić information content (AvgIpc) is 3.64. The molecule has 5 fully saturated rings. The number of aliphatic carboxylic acids is 2. The molecule has 8 N–H and O–H groups in total. The number of β-lactam (4-membered cyclic amide) rings is 1. The summed E-state index contributed by atoms with van der Waals surface area (Å²) in [6.45, 7) is 9.60. The van der Waals surface area contributed by atoms with Gasteiger partial charge in [-0.1, -0.05) is 23.7 Å². The Labute approximate surface area is 356 Å². The van der Waals surface area contributed by atoms with Crippen molar-refractivity contribution in [3.63, 3.8) is 0 Å². The summed E-state index contributed by atoms with van der Waals surface area (Å²) >= 11 is 8.69. The van der Waals surface area contributed by atoms with Crippen molar-refractivity contribution in [2.75, 3.05) is 38.5 Å². The first-order chi connectivity index (χ1) is 28.2. The van der Waals surface area contributed by atoms with E-state index in [-0.39, 0.29) is 43.0 Å². The maximum Gasteiger partial charge on any atom is 0.350 e. The van der Waals surface area contributed by atoms with Gasteiger partial charge in [0, 0.05) is 60.7 Å². The molecule has 3 amide bonds. The first-order valence-electron chi connectivity index (χ1n) is 19.3. The number of anilines is 1. The number of nitrogens with zero attached hydrogens (tertiary/aromatic N) is 5. The molecule has 7 heterocycles. The largest absolute Gasteiger partial charge is 0.504 e. The number of fused-ring (bicyclic) bond motifs is 5. The number of thiazole rings is 1. The van der Waals surface area contributed by atoms with E-state index in [9.17, 15) is 49.2 Å². The molecule has 322 valence electrons. The highest BCUT2D eigenvalue weighted by Gasteiger charge is 2.62. The molecule has 5 aliphatic rings. The van der Waals surface area contributed by atoms with Crippen LogP contribution in [0.15, 0.2) is 27.6 Å². The summed E-state index contributed by atoms with van der Waals surface area (Å²) in [6.07, 6.45) is 3.66. The van der Waals surface area contributed by atoms with Gasteiger partial charge in [0.05, 0.1) is 48.0 Å². The van der Waals surface area contributed by atoms with Gasteiger partial charge < -0.3 is 55.6 Å². The first kappa shape index (κ1) is 43.0. The number of phenolic OH excluding ortho intramolecular Hbond substituents is 2. The van der Waals surface area contributed by atoms with Crippen LogP contribution in [-0.2, 0) is 30.6 Å². The number of halogens is 1. The van der Waals surface area contributed by atoms with Gasteiger partial charge in [0.25, 0.3) is 11.8 Å². The molecule has 5 atom stereocenters. The fraction of sp³-hybridized carbons (Fsp3) is 0.526. The number of pyridine rings is 1. The zero-order valence-corrected chi connectivity index (χ0v) is 35.5. The van der Waals surface area contributed by atoms with Crippen LogP contribution in [0.3, 0.4) is 0 Å². The summed E-state index contributed by atoms with van der Waals surface area (Å²) in [6, 6.07) is -1.00. The van der Waals surface area contributed by atoms with Crippen molar-refractivity contribution in [2.24, 2.45) is 16.5 Å². The zero-order chi connectivity index (χ0) is 43.6. The fourth-order valence-electron chi connectivity index (χ4n) is 8.78. The molecule has 2 unspecified atom stereocenters. The topological polar surface area (TPSA) is 276 Å². The van der Waals surface area contributed by atoms with Gasteiger partial charge in [0.2, 0.25) is 16.9 Å². The number of hydrogen-bond donors (Lipinski definition) is 7. The second-order valence-electron chi connectivity index (χ2n) is 16.5. The number of nitrogens with one attached hydrogen (secondary N) is 2. The molecular formula is C38H46ClN8O11S2+. The van der Waals surface area contributed by atoms with Crippen LogP contribution in [0, 0.1) is 11.3 Å². The van der Waals surface area contributed by atoms with E-state index in [1.165, 1.54) is 48.2 Å². The van der Waals surface area contributed by atoms with Gasteiger partial charge in [-0.2, -0.15) is 0 Å². The first-order valence-corrected chi connectivity index (χ1v) is 21.6. The monoisotopic (exact) mass is 889 g/mol. The Morgan fingerprint density at radius 2 is 1.82 bits per heavy atom. The lowest BCUT2D eigenvalue weighted by Crippen LogP contribution is -2.78. The summed E-state index contributed by atoms with van der Waals surface area (Å²) < 4.78 is 2.27. The van der Waals surface area contributed by atoms with Gasteiger partial charge in [0.15, 0.2) is 22.3 Å². The van der Waals surface area contributed by atoms with Crippen LogP contribution in [0.5, 0.6) is 11.5 Å². The number of aryl methyl sites for hydroxylation is 1. The van der Waals surface area contributed by atoms with Crippen LogP contribution in [-0.4, -0.2) is 136 Å². The zero-order valence-electron chi connectivity index (χ0n) is 33.1. The predicted octanol–water partition coefficient (Wildman–Crippen LogP) is 2.00. The molecule has 2 aromatic heterocycles. The van der Waals surface area contributed by atoms with Gasteiger partial charge in [-0.05, 0) is 20.8 Å². The van der Waals surface area contributed by atoms with Crippen molar-refractivity contribution in [3.05, 3.63) is 44.1 Å². The van der Waals surface area contributed by atoms with E-state index in [4.69, 9.17) is 22.2 Å². The highest BCUT2D eigenvalue weighted by Crippen LogP contribution is 2.49. The van der Waals surface area contributed by atoms with Crippen LogP contribution in [0.1, 0.15) is 63.0 Å². The van der Waals surface area contributed by atoms with Crippen molar-refractivity contribution in [1.29, 1.82) is 0 Å². The highest BCUT2D eigenvalue weighted by atomic mass is 35.5. The van der Waals surface area contributed by atoms with Crippen molar-refractivity contribution < 1.29 is 53.7 Å². The Balaban J connectivity index is 1.01. The normalized spacial score (nSPS) is 27.6. The van der Waals surface area contributed by atoms with E-state index >= 15 is 0 Å². The maximum atomic E-state index is 13.7. The predicted molar refractivity (Wildman–Crippen MR) is 221 cm³/mol. The van der Waals surface area contributed by atoms with Crippen LogP contribution in [0.25, 0.3) is 10.9 Å². The fourth-order valence-corrected chi connectivity index (χ4v) is 11.2. The summed E-state index contributed by atoms with van der Waals surface area (Å²) in [5.41, 5.74) is 2.84. The Hall–Kier alpha value is -5.12. The number of carboxylic acid groups (broad SMARTS) is 2. The van der Waals surface area contributed by atoms with Gasteiger partial charge in [-0.3, -0.25) is 19.2 Å². The number of quaternary nitrogens is 1. The van der Waals surface area contributed by atoms with E-state index in [2.05, 4.69) is 20.8 Å². The van der Waals surface area contributed by atoms with Crippen LogP contribution in [0.2, 0.25) is 5.02 Å². The number of piperidine rings is 3. The molecule has 0 saturated carbocycles. The number of nitrogen functional groups attached to an aromatic ring is 1. The van der Waals surface area contributed by atoms with Crippen LogP contribution >= 0.6 is 34.7 Å². The molecule has 19 nitrogen and oxygen atoms in total. The van der Waals surface area contributed by atoms with E-state index in [1.807, 2.05) is 6.92 Å². The molecule has 0 aliphatic carbocycles. The Morgan fingerprint density at radius 3 is 2.40 bits per heavy atom. The quantitative estimate of drug-likeness (QED) is 0.0425. The minimum atomic E-state index is -1.80. The minimum Gasteiger partial charge on any atom is -0.504 e. The van der Waals surface area contributed by atoms with Crippen molar-refractivity contribution >= 4 is 86.1 Å². The third-order valence-corrected chi connectivity index (χ3v) is 15.2. The third-order valence-electron chi connectivity index (χ3n) is 12.6. The maximum absolute atomic E-state index is 13.7. The Kier molecular flexibility index (Phi) is 11.3. The lowest BCUT2D eigenvalue weighted by atomic mass is 9.70. The minimum absolute atomic E-state index is 0.0114. The molecular weight excluding hydrogens is 844 g/mol. The van der Waals surface area contributed by atoms with E-state index in [1.54, 1.807) is 11.5 Å². The van der Waals surface area contributed by atoms with Crippen molar-refractivity contribution in [1.82, 2.24) is 25.1 Å². The third kappa shape index (κ3) is 7.49.